The van der Waals surface area contributed by atoms with Crippen LogP contribution >= 0.6 is 0 Å². The van der Waals surface area contributed by atoms with Crippen molar-refractivity contribution in [1.82, 2.24) is 5.32 Å². The van der Waals surface area contributed by atoms with Gasteiger partial charge in [-0.1, -0.05) is 12.1 Å². The Kier molecular flexibility index (Phi) is 5.51. The molecule has 0 unspecified atom stereocenters. The number of hydrogen-bond donors (Lipinski definition) is 2. The average molecular weight is 262 g/mol. The number of aliphatic carboxylic acids is 1. The van der Waals surface area contributed by atoms with Gasteiger partial charge in [0, 0.05) is 13.5 Å². The molecule has 1 aromatic rings. The molecular weight excluding hydrogens is 248 g/mol. The number of rotatable bonds is 6. The number of methoxy groups -OCH3 is 1. The summed E-state index contributed by atoms with van der Waals surface area (Å²) in [6.07, 6.45) is 0.149. The summed E-state index contributed by atoms with van der Waals surface area (Å²) in [6.45, 7) is -0.183. The molecule has 2 N–H and O–H groups in total. The van der Waals surface area contributed by atoms with Crippen molar-refractivity contribution in [2.75, 3.05) is 13.7 Å². The summed E-state index contributed by atoms with van der Waals surface area (Å²) in [4.78, 5) is 22.4. The molecule has 100 valence electrons. The first-order chi connectivity index (χ1) is 9.06. The molecule has 19 heavy (non-hydrogen) atoms. The molecule has 0 spiro atoms. The number of nitriles is 1. The second-order valence-corrected chi connectivity index (χ2v) is 3.90. The van der Waals surface area contributed by atoms with E-state index in [1.807, 2.05) is 6.07 Å². The fraction of sp³-hybridized carbons (Fsp3) is 0.308. The van der Waals surface area contributed by atoms with E-state index in [-0.39, 0.29) is 13.0 Å². The summed E-state index contributed by atoms with van der Waals surface area (Å²) in [5, 5.41) is 20.1. The molecular formula is C13H14N2O4. The number of ether oxygens (including phenoxy) is 1. The van der Waals surface area contributed by atoms with Crippen molar-refractivity contribution < 1.29 is 19.4 Å². The monoisotopic (exact) mass is 262 g/mol. The third-order valence-corrected chi connectivity index (χ3v) is 2.43. The fourth-order valence-corrected chi connectivity index (χ4v) is 1.52. The highest BCUT2D eigenvalue weighted by Gasteiger charge is 2.20. The first-order valence-electron chi connectivity index (χ1n) is 5.57. The summed E-state index contributed by atoms with van der Waals surface area (Å²) in [7, 11) is 1.36. The van der Waals surface area contributed by atoms with Crippen LogP contribution in [0.15, 0.2) is 24.3 Å². The third-order valence-electron chi connectivity index (χ3n) is 2.43. The Hall–Kier alpha value is -2.39. The quantitative estimate of drug-likeness (QED) is 0.769. The maximum absolute atomic E-state index is 11.3. The van der Waals surface area contributed by atoms with Gasteiger partial charge in [0.2, 0.25) is 5.91 Å². The Morgan fingerprint density at radius 2 is 2.05 bits per heavy atom. The number of nitrogens with one attached hydrogen (secondary N) is 1. The van der Waals surface area contributed by atoms with Crippen molar-refractivity contribution in [2.45, 2.75) is 12.5 Å². The van der Waals surface area contributed by atoms with E-state index in [1.165, 1.54) is 7.11 Å². The maximum Gasteiger partial charge on any atom is 0.326 e. The van der Waals surface area contributed by atoms with E-state index >= 15 is 0 Å². The van der Waals surface area contributed by atoms with Crippen LogP contribution in [0.2, 0.25) is 0 Å². The molecule has 1 rings (SSSR count). The number of amides is 1. The van der Waals surface area contributed by atoms with Crippen molar-refractivity contribution in [3.05, 3.63) is 35.4 Å². The molecule has 0 bridgehead atoms. The van der Waals surface area contributed by atoms with Crippen molar-refractivity contribution in [3.63, 3.8) is 0 Å². The molecule has 0 aliphatic rings. The van der Waals surface area contributed by atoms with Gasteiger partial charge < -0.3 is 15.2 Å². The number of carbonyl (C=O) groups excluding carboxylic acids is 1. The van der Waals surface area contributed by atoms with Crippen molar-refractivity contribution in [3.8, 4) is 6.07 Å². The first-order valence-corrected chi connectivity index (χ1v) is 5.57. The number of nitrogens with zero attached hydrogens (tertiary/aromatic N) is 1. The lowest BCUT2D eigenvalue weighted by atomic mass is 10.0. The Balaban J connectivity index is 2.70. The SMILES string of the molecule is COCC(=O)N[C@H](Cc1ccc(C#N)cc1)C(=O)O. The van der Waals surface area contributed by atoms with Crippen molar-refractivity contribution in [2.24, 2.45) is 0 Å². The maximum atomic E-state index is 11.3. The molecule has 0 saturated heterocycles. The van der Waals surface area contributed by atoms with Gasteiger partial charge in [-0.2, -0.15) is 5.26 Å². The minimum atomic E-state index is -1.12. The second kappa shape index (κ2) is 7.13. The zero-order valence-corrected chi connectivity index (χ0v) is 10.4. The lowest BCUT2D eigenvalue weighted by Gasteiger charge is -2.14. The summed E-state index contributed by atoms with van der Waals surface area (Å²) in [6, 6.07) is 7.49. The van der Waals surface area contributed by atoms with Crippen molar-refractivity contribution in [1.29, 1.82) is 5.26 Å². The number of carbonyl (C=O) groups is 2. The number of carboxylic acids is 1. The molecule has 0 heterocycles. The van der Waals surface area contributed by atoms with E-state index in [1.54, 1.807) is 24.3 Å². The molecule has 0 radical (unpaired) electrons. The average Bonchev–Trinajstić information content (AvgIpc) is 2.39. The van der Waals surface area contributed by atoms with Gasteiger partial charge in [0.25, 0.3) is 0 Å². The molecule has 0 aromatic heterocycles. The Morgan fingerprint density at radius 1 is 1.42 bits per heavy atom. The van der Waals surface area contributed by atoms with Crippen LogP contribution in [0.4, 0.5) is 0 Å². The minimum Gasteiger partial charge on any atom is -0.480 e. The van der Waals surface area contributed by atoms with Crippen LogP contribution in [0.1, 0.15) is 11.1 Å². The third kappa shape index (κ3) is 4.77. The molecule has 6 nitrogen and oxygen atoms in total. The van der Waals surface area contributed by atoms with E-state index in [4.69, 9.17) is 10.4 Å². The zero-order chi connectivity index (χ0) is 14.3. The highest BCUT2D eigenvalue weighted by molar-refractivity contribution is 5.84. The zero-order valence-electron chi connectivity index (χ0n) is 10.4. The number of carboxylic acid groups (broad SMARTS) is 1. The van der Waals surface area contributed by atoms with Gasteiger partial charge in [-0.3, -0.25) is 4.79 Å². The predicted molar refractivity (Wildman–Crippen MR) is 66.3 cm³/mol. The highest BCUT2D eigenvalue weighted by Crippen LogP contribution is 2.06. The van der Waals surface area contributed by atoms with Gasteiger partial charge in [0.15, 0.2) is 0 Å². The Labute approximate surface area is 110 Å². The van der Waals surface area contributed by atoms with Crippen molar-refractivity contribution >= 4 is 11.9 Å². The van der Waals surface area contributed by atoms with Crippen LogP contribution in [0.25, 0.3) is 0 Å². The smallest absolute Gasteiger partial charge is 0.326 e. The Morgan fingerprint density at radius 3 is 2.53 bits per heavy atom. The molecule has 0 aliphatic carbocycles. The molecule has 1 aromatic carbocycles. The van der Waals surface area contributed by atoms with E-state index in [9.17, 15) is 9.59 Å². The summed E-state index contributed by atoms with van der Waals surface area (Å²) in [5.41, 5.74) is 1.23. The van der Waals surface area contributed by atoms with Gasteiger partial charge in [-0.25, -0.2) is 4.79 Å². The van der Waals surface area contributed by atoms with Crippen LogP contribution in [0.5, 0.6) is 0 Å². The molecule has 1 amide bonds. The molecule has 0 fully saturated rings. The molecule has 1 atom stereocenters. The van der Waals surface area contributed by atoms with Gasteiger partial charge in [0.05, 0.1) is 11.6 Å². The van der Waals surface area contributed by atoms with Gasteiger partial charge in [0.1, 0.15) is 12.6 Å². The highest BCUT2D eigenvalue weighted by atomic mass is 16.5. The summed E-state index contributed by atoms with van der Waals surface area (Å²) in [5.74, 6) is -1.60. The van der Waals surface area contributed by atoms with E-state index in [0.717, 1.165) is 5.56 Å². The van der Waals surface area contributed by atoms with E-state index in [2.05, 4.69) is 10.1 Å². The number of hydrogen-bond acceptors (Lipinski definition) is 4. The first kappa shape index (κ1) is 14.7. The second-order valence-electron chi connectivity index (χ2n) is 3.90. The number of benzene rings is 1. The lowest BCUT2D eigenvalue weighted by Crippen LogP contribution is -2.43. The van der Waals surface area contributed by atoms with Gasteiger partial charge in [-0.15, -0.1) is 0 Å². The standard InChI is InChI=1S/C13H14N2O4/c1-19-8-12(16)15-11(13(17)18)6-9-2-4-10(7-14)5-3-9/h2-5,11H,6,8H2,1H3,(H,15,16)(H,17,18)/t11-/m1/s1. The topological polar surface area (TPSA) is 99.4 Å². The Bertz CT molecular complexity index is 490. The fourth-order valence-electron chi connectivity index (χ4n) is 1.52. The van der Waals surface area contributed by atoms with Gasteiger partial charge >= 0.3 is 5.97 Å². The molecule has 6 heteroatoms. The van der Waals surface area contributed by atoms with Crippen LogP contribution in [-0.2, 0) is 20.7 Å². The molecule has 0 saturated carbocycles. The minimum absolute atomic E-state index is 0.149. The summed E-state index contributed by atoms with van der Waals surface area (Å²) < 4.78 is 4.62. The summed E-state index contributed by atoms with van der Waals surface area (Å²) >= 11 is 0. The van der Waals surface area contributed by atoms with E-state index < -0.39 is 17.9 Å². The van der Waals surface area contributed by atoms with Crippen LogP contribution in [0.3, 0.4) is 0 Å². The predicted octanol–water partition coefficient (Wildman–Crippen LogP) is 0.317. The van der Waals surface area contributed by atoms with E-state index in [0.29, 0.717) is 5.56 Å². The lowest BCUT2D eigenvalue weighted by molar-refractivity contribution is -0.142. The molecule has 0 aliphatic heterocycles. The van der Waals surface area contributed by atoms with Crippen LogP contribution < -0.4 is 5.32 Å². The normalized spacial score (nSPS) is 11.4. The van der Waals surface area contributed by atoms with Crippen LogP contribution in [-0.4, -0.2) is 36.7 Å². The van der Waals surface area contributed by atoms with Crippen LogP contribution in [0, 0.1) is 11.3 Å². The largest absolute Gasteiger partial charge is 0.480 e. The van der Waals surface area contributed by atoms with Gasteiger partial charge in [-0.05, 0) is 17.7 Å².